The molecule has 3 aliphatic rings. The van der Waals surface area contributed by atoms with Crippen molar-refractivity contribution in [3.05, 3.63) is 167 Å². The molecule has 2 aliphatic carbocycles. The molecular formula is C40H33N3. The van der Waals surface area contributed by atoms with Gasteiger partial charge in [-0.3, -0.25) is 4.99 Å². The van der Waals surface area contributed by atoms with E-state index in [0.29, 0.717) is 0 Å². The molecule has 1 unspecified atom stereocenters. The molecule has 1 N–H and O–H groups in total. The third-order valence-electron chi connectivity index (χ3n) is 8.76. The number of nitrogens with one attached hydrogen (secondary N) is 1. The van der Waals surface area contributed by atoms with Gasteiger partial charge >= 0.3 is 0 Å². The maximum absolute atomic E-state index is 5.14. The number of fused-ring (bicyclic) bond motifs is 3. The molecule has 3 nitrogen and oxygen atoms in total. The minimum atomic E-state index is -0.120. The first-order valence-electron chi connectivity index (χ1n) is 15.3. The molecule has 0 bridgehead atoms. The Morgan fingerprint density at radius 2 is 1.40 bits per heavy atom. The average molecular weight is 556 g/mol. The number of rotatable bonds is 5. The highest BCUT2D eigenvalue weighted by Crippen LogP contribution is 2.34. The van der Waals surface area contributed by atoms with Crippen LogP contribution in [-0.2, 0) is 6.42 Å². The van der Waals surface area contributed by atoms with Crippen LogP contribution < -0.4 is 5.32 Å². The molecule has 8 rings (SSSR count). The molecule has 5 aromatic rings. The van der Waals surface area contributed by atoms with Crippen molar-refractivity contribution in [2.75, 3.05) is 0 Å². The van der Waals surface area contributed by atoms with E-state index in [0.717, 1.165) is 48.2 Å². The summed E-state index contributed by atoms with van der Waals surface area (Å²) in [5.41, 5.74) is 13.3. The van der Waals surface area contributed by atoms with E-state index in [1.807, 2.05) is 0 Å². The topological polar surface area (TPSA) is 29.3 Å². The van der Waals surface area contributed by atoms with E-state index in [-0.39, 0.29) is 6.17 Å². The largest absolute Gasteiger partial charge is 0.360 e. The summed E-state index contributed by atoms with van der Waals surface area (Å²) in [6.45, 7) is 0. The van der Waals surface area contributed by atoms with E-state index in [4.69, 9.17) is 4.99 Å². The zero-order chi connectivity index (χ0) is 28.6. The fourth-order valence-electron chi connectivity index (χ4n) is 6.57. The van der Waals surface area contributed by atoms with Gasteiger partial charge in [0.15, 0.2) is 0 Å². The molecule has 1 atom stereocenters. The Balaban J connectivity index is 1.11. The Kier molecular flexibility index (Phi) is 6.49. The van der Waals surface area contributed by atoms with Gasteiger partial charge in [0, 0.05) is 22.5 Å². The van der Waals surface area contributed by atoms with Gasteiger partial charge < -0.3 is 9.88 Å². The van der Waals surface area contributed by atoms with E-state index in [1.165, 1.54) is 44.5 Å². The summed E-state index contributed by atoms with van der Waals surface area (Å²) in [6, 6.07) is 37.1. The Hall–Kier alpha value is -5.15. The summed E-state index contributed by atoms with van der Waals surface area (Å²) >= 11 is 0. The van der Waals surface area contributed by atoms with Crippen LogP contribution in [0.15, 0.2) is 150 Å². The maximum atomic E-state index is 5.14. The van der Waals surface area contributed by atoms with E-state index in [1.54, 1.807) is 0 Å². The van der Waals surface area contributed by atoms with Crippen LogP contribution in [-0.4, -0.2) is 10.3 Å². The minimum Gasteiger partial charge on any atom is -0.360 e. The molecule has 1 aliphatic heterocycles. The number of benzene rings is 4. The van der Waals surface area contributed by atoms with Crippen LogP contribution in [0.2, 0.25) is 0 Å². The molecule has 0 radical (unpaired) electrons. The summed E-state index contributed by atoms with van der Waals surface area (Å²) in [7, 11) is 0. The molecule has 0 amide bonds. The van der Waals surface area contributed by atoms with Crippen LogP contribution in [0.3, 0.4) is 0 Å². The highest BCUT2D eigenvalue weighted by atomic mass is 15.1. The molecule has 1 aromatic heterocycles. The lowest BCUT2D eigenvalue weighted by atomic mass is 9.97. The second-order valence-corrected chi connectivity index (χ2v) is 11.5. The van der Waals surface area contributed by atoms with Crippen LogP contribution in [0.5, 0.6) is 0 Å². The molecular weight excluding hydrogens is 522 g/mol. The average Bonchev–Trinajstić information content (AvgIpc) is 3.43. The predicted octanol–water partition coefficient (Wildman–Crippen LogP) is 9.51. The zero-order valence-corrected chi connectivity index (χ0v) is 24.1. The van der Waals surface area contributed by atoms with Gasteiger partial charge in [-0.25, -0.2) is 0 Å². The lowest BCUT2D eigenvalue weighted by molar-refractivity contribution is 0.625. The Morgan fingerprint density at radius 1 is 0.674 bits per heavy atom. The number of hydrogen-bond donors (Lipinski definition) is 1. The molecule has 43 heavy (non-hydrogen) atoms. The molecule has 4 aromatic carbocycles. The summed E-state index contributed by atoms with van der Waals surface area (Å²) in [5, 5.41) is 5.04. The number of allylic oxidation sites excluding steroid dienone is 5. The van der Waals surface area contributed by atoms with Crippen molar-refractivity contribution < 1.29 is 0 Å². The van der Waals surface area contributed by atoms with Gasteiger partial charge in [0.2, 0.25) is 0 Å². The van der Waals surface area contributed by atoms with Gasteiger partial charge in [0.25, 0.3) is 0 Å². The number of hydrogen-bond acceptors (Lipinski definition) is 2. The van der Waals surface area contributed by atoms with Gasteiger partial charge in [-0.1, -0.05) is 109 Å². The molecule has 0 fully saturated rings. The van der Waals surface area contributed by atoms with E-state index in [2.05, 4.69) is 149 Å². The van der Waals surface area contributed by atoms with Crippen molar-refractivity contribution in [1.82, 2.24) is 9.88 Å². The van der Waals surface area contributed by atoms with Crippen LogP contribution in [0, 0.1) is 0 Å². The highest BCUT2D eigenvalue weighted by molar-refractivity contribution is 6.10. The standard InChI is InChI=1S/C40H33N3/c1-3-11-30(12-4-1)36-27-37(42-40(41-36)32-13-5-2-6-14-32)31-21-19-28(20-22-31)29-23-25-33(26-24-29)43-38-17-9-7-15-34(38)35-16-8-10-18-39(35)43/h2-3,5-7,9-15,17-27,40-41H,1,4,8,16H2. The number of aromatic nitrogens is 1. The highest BCUT2D eigenvalue weighted by Gasteiger charge is 2.21. The lowest BCUT2D eigenvalue weighted by Gasteiger charge is -2.26. The van der Waals surface area contributed by atoms with Gasteiger partial charge in [0.05, 0.1) is 11.2 Å². The van der Waals surface area contributed by atoms with Crippen molar-refractivity contribution in [3.63, 3.8) is 0 Å². The molecule has 3 heteroatoms. The first-order chi connectivity index (χ1) is 21.3. The van der Waals surface area contributed by atoms with Crippen LogP contribution >= 0.6 is 0 Å². The van der Waals surface area contributed by atoms with Gasteiger partial charge in [-0.05, 0) is 89.4 Å². The van der Waals surface area contributed by atoms with Crippen molar-refractivity contribution >= 4 is 22.7 Å². The lowest BCUT2D eigenvalue weighted by Crippen LogP contribution is -2.26. The fourth-order valence-corrected chi connectivity index (χ4v) is 6.57. The third-order valence-corrected chi connectivity index (χ3v) is 8.76. The number of para-hydroxylation sites is 1. The summed E-state index contributed by atoms with van der Waals surface area (Å²) < 4.78 is 2.41. The predicted molar refractivity (Wildman–Crippen MR) is 179 cm³/mol. The van der Waals surface area contributed by atoms with Crippen molar-refractivity contribution in [1.29, 1.82) is 0 Å². The van der Waals surface area contributed by atoms with Gasteiger partial charge in [0.1, 0.15) is 6.17 Å². The monoisotopic (exact) mass is 555 g/mol. The molecule has 0 spiro atoms. The number of nitrogens with zero attached hydrogens (tertiary/aromatic N) is 2. The second kappa shape index (κ2) is 10.9. The zero-order valence-electron chi connectivity index (χ0n) is 24.1. The first kappa shape index (κ1) is 25.6. The van der Waals surface area contributed by atoms with E-state index >= 15 is 0 Å². The molecule has 2 heterocycles. The Morgan fingerprint density at radius 3 is 2.19 bits per heavy atom. The Labute approximate surface area is 252 Å². The molecule has 0 saturated heterocycles. The van der Waals surface area contributed by atoms with Crippen molar-refractivity contribution in [2.45, 2.75) is 31.8 Å². The third kappa shape index (κ3) is 4.77. The maximum Gasteiger partial charge on any atom is 0.145 e. The minimum absolute atomic E-state index is 0.120. The SMILES string of the molecule is C1=CC(C2=CC(c3ccc(-c4ccc(-n5c6c(c7ccccc75)CCC=C6)cc4)cc3)=NC(c3ccccc3)N2)=CCC1. The normalized spacial score (nSPS) is 17.6. The van der Waals surface area contributed by atoms with Crippen LogP contribution in [0.4, 0.5) is 0 Å². The quantitative estimate of drug-likeness (QED) is 0.230. The van der Waals surface area contributed by atoms with E-state index in [9.17, 15) is 0 Å². The molecule has 208 valence electrons. The van der Waals surface area contributed by atoms with Crippen LogP contribution in [0.1, 0.15) is 47.8 Å². The smallest absolute Gasteiger partial charge is 0.145 e. The molecule has 0 saturated carbocycles. The number of aryl methyl sites for hydroxylation is 1. The first-order valence-corrected chi connectivity index (χ1v) is 15.3. The second-order valence-electron chi connectivity index (χ2n) is 11.5. The van der Waals surface area contributed by atoms with Crippen LogP contribution in [0.25, 0.3) is 33.8 Å². The fraction of sp³-hybridized carbons (Fsp3) is 0.125. The summed E-state index contributed by atoms with van der Waals surface area (Å²) in [6.07, 6.45) is 17.8. The van der Waals surface area contributed by atoms with Gasteiger partial charge in [-0.2, -0.15) is 0 Å². The van der Waals surface area contributed by atoms with Crippen molar-refractivity contribution in [3.8, 4) is 16.8 Å². The summed E-state index contributed by atoms with van der Waals surface area (Å²) in [5.74, 6) is 0. The summed E-state index contributed by atoms with van der Waals surface area (Å²) in [4.78, 5) is 5.14. The Bertz CT molecular complexity index is 1960. The van der Waals surface area contributed by atoms with Gasteiger partial charge in [-0.15, -0.1) is 0 Å². The van der Waals surface area contributed by atoms with E-state index < -0.39 is 0 Å². The van der Waals surface area contributed by atoms with Crippen molar-refractivity contribution in [2.24, 2.45) is 4.99 Å². The number of aliphatic imine (C=N–C) groups is 1.